The fourth-order valence-corrected chi connectivity index (χ4v) is 2.46. The van der Waals surface area contributed by atoms with E-state index in [0.717, 1.165) is 30.4 Å². The van der Waals surface area contributed by atoms with Crippen LogP contribution >= 0.6 is 0 Å². The van der Waals surface area contributed by atoms with Gasteiger partial charge in [0.2, 0.25) is 0 Å². The third kappa shape index (κ3) is 2.28. The van der Waals surface area contributed by atoms with Gasteiger partial charge in [-0.25, -0.2) is 4.79 Å². The molecule has 1 aromatic carbocycles. The molecule has 1 heterocycles. The van der Waals surface area contributed by atoms with E-state index in [-0.39, 0.29) is 6.03 Å². The van der Waals surface area contributed by atoms with Crippen LogP contribution < -0.4 is 15.5 Å². The molecule has 1 saturated carbocycles. The predicted molar refractivity (Wildman–Crippen MR) is 73.0 cm³/mol. The number of amides is 2. The topological polar surface area (TPSA) is 44.4 Å². The predicted octanol–water partition coefficient (Wildman–Crippen LogP) is 2.43. The van der Waals surface area contributed by atoms with Gasteiger partial charge in [-0.3, -0.25) is 4.90 Å². The first kappa shape index (κ1) is 11.4. The Bertz CT molecular complexity index is 456. The number of nitrogens with zero attached hydrogens (tertiary/aromatic N) is 1. The number of carbonyl (C=O) groups excluding carboxylic acids is 1. The number of carbonyl (C=O) groups is 1. The van der Waals surface area contributed by atoms with Crippen molar-refractivity contribution in [3.63, 3.8) is 0 Å². The first-order chi connectivity index (χ1) is 8.74. The summed E-state index contributed by atoms with van der Waals surface area (Å²) in [7, 11) is 0. The van der Waals surface area contributed by atoms with Gasteiger partial charge in [0.05, 0.1) is 0 Å². The Hall–Kier alpha value is -1.71. The number of hydrogen-bond acceptors (Lipinski definition) is 2. The standard InChI is InChI=1S/C14H19N3O/c1-10(11-5-6-11)16-12-3-2-4-13(9-12)17-8-7-15-14(17)18/h2-4,9-11,16H,5-8H2,1H3,(H,15,18). The smallest absolute Gasteiger partial charge is 0.321 e. The molecule has 4 heteroatoms. The summed E-state index contributed by atoms with van der Waals surface area (Å²) >= 11 is 0. The van der Waals surface area contributed by atoms with Crippen molar-refractivity contribution in [1.82, 2.24) is 5.32 Å². The third-order valence-corrected chi connectivity index (χ3v) is 3.74. The van der Waals surface area contributed by atoms with Crippen molar-refractivity contribution in [2.45, 2.75) is 25.8 Å². The van der Waals surface area contributed by atoms with Gasteiger partial charge < -0.3 is 10.6 Å². The maximum absolute atomic E-state index is 11.6. The van der Waals surface area contributed by atoms with Gasteiger partial charge in [-0.05, 0) is 43.9 Å². The number of benzene rings is 1. The van der Waals surface area contributed by atoms with Gasteiger partial charge in [0.1, 0.15) is 0 Å². The quantitative estimate of drug-likeness (QED) is 0.855. The van der Waals surface area contributed by atoms with Crippen LogP contribution in [0.1, 0.15) is 19.8 Å². The zero-order valence-corrected chi connectivity index (χ0v) is 10.6. The Kier molecular flexibility index (Phi) is 2.86. The van der Waals surface area contributed by atoms with E-state index in [1.807, 2.05) is 12.1 Å². The molecular weight excluding hydrogens is 226 g/mol. The maximum Gasteiger partial charge on any atom is 0.321 e. The van der Waals surface area contributed by atoms with Crippen LogP contribution in [0.3, 0.4) is 0 Å². The molecule has 0 radical (unpaired) electrons. The molecule has 18 heavy (non-hydrogen) atoms. The normalized spacial score (nSPS) is 20.7. The molecule has 1 aliphatic heterocycles. The van der Waals surface area contributed by atoms with Crippen LogP contribution in [0, 0.1) is 5.92 Å². The number of anilines is 2. The molecule has 3 rings (SSSR count). The highest BCUT2D eigenvalue weighted by molar-refractivity contribution is 5.94. The summed E-state index contributed by atoms with van der Waals surface area (Å²) < 4.78 is 0. The van der Waals surface area contributed by atoms with Crippen LogP contribution in [0.25, 0.3) is 0 Å². The van der Waals surface area contributed by atoms with E-state index in [4.69, 9.17) is 0 Å². The van der Waals surface area contributed by atoms with Crippen molar-refractivity contribution in [1.29, 1.82) is 0 Å². The molecule has 0 spiro atoms. The SMILES string of the molecule is CC(Nc1cccc(N2CCNC2=O)c1)C1CC1. The average Bonchev–Trinajstić information content (AvgIpc) is 3.13. The number of urea groups is 1. The van der Waals surface area contributed by atoms with Crippen molar-refractivity contribution >= 4 is 17.4 Å². The molecule has 0 bridgehead atoms. The summed E-state index contributed by atoms with van der Waals surface area (Å²) in [5, 5.41) is 6.35. The van der Waals surface area contributed by atoms with E-state index < -0.39 is 0 Å². The molecule has 1 atom stereocenters. The average molecular weight is 245 g/mol. The van der Waals surface area contributed by atoms with E-state index in [1.54, 1.807) is 4.90 Å². The minimum atomic E-state index is 0.00221. The monoisotopic (exact) mass is 245 g/mol. The first-order valence-corrected chi connectivity index (χ1v) is 6.66. The van der Waals surface area contributed by atoms with E-state index >= 15 is 0 Å². The highest BCUT2D eigenvalue weighted by Crippen LogP contribution is 2.34. The summed E-state index contributed by atoms with van der Waals surface area (Å²) in [6.45, 7) is 3.71. The molecule has 0 aromatic heterocycles. The Balaban J connectivity index is 1.73. The van der Waals surface area contributed by atoms with Crippen molar-refractivity contribution in [2.75, 3.05) is 23.3 Å². The molecule has 2 amide bonds. The fraction of sp³-hybridized carbons (Fsp3) is 0.500. The molecular formula is C14H19N3O. The van der Waals surface area contributed by atoms with Gasteiger partial charge in [0.25, 0.3) is 0 Å². The van der Waals surface area contributed by atoms with E-state index in [9.17, 15) is 4.79 Å². The van der Waals surface area contributed by atoms with Gasteiger partial charge in [-0.1, -0.05) is 6.07 Å². The van der Waals surface area contributed by atoms with Gasteiger partial charge in [0, 0.05) is 30.5 Å². The molecule has 2 N–H and O–H groups in total. The van der Waals surface area contributed by atoms with Crippen molar-refractivity contribution in [3.05, 3.63) is 24.3 Å². The minimum Gasteiger partial charge on any atom is -0.382 e. The molecule has 1 aliphatic carbocycles. The first-order valence-electron chi connectivity index (χ1n) is 6.66. The highest BCUT2D eigenvalue weighted by atomic mass is 16.2. The molecule has 2 fully saturated rings. The summed E-state index contributed by atoms with van der Waals surface area (Å²) in [6, 6.07) is 8.64. The van der Waals surface area contributed by atoms with Gasteiger partial charge in [-0.2, -0.15) is 0 Å². The van der Waals surface area contributed by atoms with E-state index in [0.29, 0.717) is 6.04 Å². The van der Waals surface area contributed by atoms with Gasteiger partial charge in [-0.15, -0.1) is 0 Å². The third-order valence-electron chi connectivity index (χ3n) is 3.74. The zero-order valence-electron chi connectivity index (χ0n) is 10.6. The fourth-order valence-electron chi connectivity index (χ4n) is 2.46. The van der Waals surface area contributed by atoms with E-state index in [2.05, 4.69) is 29.7 Å². The molecule has 1 aromatic rings. The lowest BCUT2D eigenvalue weighted by molar-refractivity contribution is 0.252. The largest absolute Gasteiger partial charge is 0.382 e. The van der Waals surface area contributed by atoms with Crippen LogP contribution in [0.15, 0.2) is 24.3 Å². The van der Waals surface area contributed by atoms with Crippen LogP contribution in [-0.2, 0) is 0 Å². The van der Waals surface area contributed by atoms with Gasteiger partial charge >= 0.3 is 6.03 Å². The second-order valence-corrected chi connectivity index (χ2v) is 5.20. The molecule has 1 saturated heterocycles. The Morgan fingerprint density at radius 3 is 2.94 bits per heavy atom. The maximum atomic E-state index is 11.6. The number of rotatable bonds is 4. The summed E-state index contributed by atoms with van der Waals surface area (Å²) in [5.74, 6) is 0.823. The van der Waals surface area contributed by atoms with Crippen LogP contribution in [0.5, 0.6) is 0 Å². The van der Waals surface area contributed by atoms with Crippen LogP contribution in [0.2, 0.25) is 0 Å². The number of nitrogens with one attached hydrogen (secondary N) is 2. The molecule has 1 unspecified atom stereocenters. The van der Waals surface area contributed by atoms with Crippen molar-refractivity contribution in [3.8, 4) is 0 Å². The van der Waals surface area contributed by atoms with Crippen molar-refractivity contribution < 1.29 is 4.79 Å². The highest BCUT2D eigenvalue weighted by Gasteiger charge is 2.28. The summed E-state index contributed by atoms with van der Waals surface area (Å²) in [5.41, 5.74) is 2.07. The lowest BCUT2D eigenvalue weighted by atomic mass is 10.2. The summed E-state index contributed by atoms with van der Waals surface area (Å²) in [6.07, 6.45) is 2.67. The minimum absolute atomic E-state index is 0.00221. The molecule has 2 aliphatic rings. The van der Waals surface area contributed by atoms with Crippen molar-refractivity contribution in [2.24, 2.45) is 5.92 Å². The number of hydrogen-bond donors (Lipinski definition) is 2. The summed E-state index contributed by atoms with van der Waals surface area (Å²) in [4.78, 5) is 13.4. The van der Waals surface area contributed by atoms with Gasteiger partial charge in [0.15, 0.2) is 0 Å². The molecule has 4 nitrogen and oxygen atoms in total. The zero-order chi connectivity index (χ0) is 12.5. The van der Waals surface area contributed by atoms with Crippen LogP contribution in [-0.4, -0.2) is 25.2 Å². The lowest BCUT2D eigenvalue weighted by Crippen LogP contribution is -2.27. The molecule has 96 valence electrons. The second kappa shape index (κ2) is 4.52. The van der Waals surface area contributed by atoms with E-state index in [1.165, 1.54) is 12.8 Å². The van der Waals surface area contributed by atoms with Crippen LogP contribution in [0.4, 0.5) is 16.2 Å². The second-order valence-electron chi connectivity index (χ2n) is 5.20. The Labute approximate surface area is 107 Å². The Morgan fingerprint density at radius 2 is 2.28 bits per heavy atom. The Morgan fingerprint density at radius 1 is 1.44 bits per heavy atom. The lowest BCUT2D eigenvalue weighted by Gasteiger charge is -2.18.